The van der Waals surface area contributed by atoms with E-state index in [-0.39, 0.29) is 0 Å². The molecule has 154 valence electrons. The second-order valence-electron chi connectivity index (χ2n) is 8.33. The van der Waals surface area contributed by atoms with Crippen LogP contribution in [0.4, 0.5) is 5.82 Å². The molecule has 1 aromatic carbocycles. The summed E-state index contributed by atoms with van der Waals surface area (Å²) in [7, 11) is -3.92. The van der Waals surface area contributed by atoms with Gasteiger partial charge in [0.2, 0.25) is 0 Å². The van der Waals surface area contributed by atoms with Gasteiger partial charge in [0, 0.05) is 30.0 Å². The number of hydrogen-bond acceptors (Lipinski definition) is 7. The molecular formula is C19H28N4O3S2. The van der Waals surface area contributed by atoms with E-state index in [1.54, 1.807) is 11.5 Å². The molecule has 0 amide bonds. The molecule has 1 N–H and O–H groups in total. The van der Waals surface area contributed by atoms with Gasteiger partial charge < -0.3 is 9.45 Å². The van der Waals surface area contributed by atoms with E-state index in [1.165, 1.54) is 54.7 Å². The Morgan fingerprint density at radius 1 is 1.21 bits per heavy atom. The summed E-state index contributed by atoms with van der Waals surface area (Å²) in [4.78, 5) is 2.53. The van der Waals surface area contributed by atoms with E-state index in [4.69, 9.17) is 17.3 Å². The minimum atomic E-state index is -3.92. The van der Waals surface area contributed by atoms with Gasteiger partial charge in [0.15, 0.2) is 12.5 Å². The van der Waals surface area contributed by atoms with Crippen LogP contribution in [0.15, 0.2) is 24.3 Å². The number of nitrogens with one attached hydrogen (secondary N) is 1. The molecule has 0 unspecified atom stereocenters. The minimum Gasteiger partial charge on any atom is -0.748 e. The van der Waals surface area contributed by atoms with Gasteiger partial charge in [0.05, 0.1) is 21.4 Å². The molecule has 1 aliphatic carbocycles. The van der Waals surface area contributed by atoms with Crippen LogP contribution in [0.2, 0.25) is 0 Å². The van der Waals surface area contributed by atoms with Gasteiger partial charge >= 0.3 is 0 Å². The van der Waals surface area contributed by atoms with Crippen LogP contribution in [0.3, 0.4) is 0 Å². The van der Waals surface area contributed by atoms with Crippen molar-refractivity contribution in [3.8, 4) is 0 Å². The smallest absolute Gasteiger partial charge is 0.173 e. The van der Waals surface area contributed by atoms with Crippen molar-refractivity contribution in [3.05, 3.63) is 24.3 Å². The first-order valence-electron chi connectivity index (χ1n) is 9.94. The van der Waals surface area contributed by atoms with Gasteiger partial charge in [-0.3, -0.25) is 0 Å². The number of rotatable bonds is 1. The Bertz CT molecular complexity index is 908. The number of hydrogen-bond donors (Lipinski definition) is 1. The van der Waals surface area contributed by atoms with Gasteiger partial charge in [0.25, 0.3) is 0 Å². The first-order valence-corrected chi connectivity index (χ1v) is 12.5. The standard InChI is InChI=1S/C18H25N4S.CH4O3S/c1-2-6-15-12-22(11-14(15)5-1)13-21(10-9-19-22)18-16-7-3-4-8-17(16)23-20-18;1-5(2,3)4/h3-4,7-8,14-15,19H,1-2,5-6,9-13H2;1H3,(H,2,3,4)/q+1;/p-1/t14-,15-;/m0./s1. The molecule has 2 aromatic rings. The lowest BCUT2D eigenvalue weighted by atomic mass is 9.82. The number of anilines is 1. The quantitative estimate of drug-likeness (QED) is 0.559. The molecule has 9 heteroatoms. The molecule has 3 heterocycles. The lowest BCUT2D eigenvalue weighted by molar-refractivity contribution is -0.964. The van der Waals surface area contributed by atoms with Crippen molar-refractivity contribution in [1.29, 1.82) is 0 Å². The molecule has 28 heavy (non-hydrogen) atoms. The summed E-state index contributed by atoms with van der Waals surface area (Å²) >= 11 is 1.64. The number of aromatic nitrogens is 1. The topological polar surface area (TPSA) is 85.4 Å². The van der Waals surface area contributed by atoms with Gasteiger partial charge in [0.1, 0.15) is 13.1 Å². The van der Waals surface area contributed by atoms with E-state index in [0.717, 1.165) is 36.2 Å². The zero-order valence-electron chi connectivity index (χ0n) is 16.2. The predicted octanol–water partition coefficient (Wildman–Crippen LogP) is 2.38. The van der Waals surface area contributed by atoms with Crippen LogP contribution in [-0.2, 0) is 10.1 Å². The van der Waals surface area contributed by atoms with Crippen LogP contribution in [0.1, 0.15) is 25.7 Å². The third-order valence-corrected chi connectivity index (χ3v) is 6.98. The predicted molar refractivity (Wildman–Crippen MR) is 111 cm³/mol. The highest BCUT2D eigenvalue weighted by molar-refractivity contribution is 7.84. The van der Waals surface area contributed by atoms with Crippen molar-refractivity contribution in [2.45, 2.75) is 25.7 Å². The number of fused-ring (bicyclic) bond motifs is 2. The lowest BCUT2D eigenvalue weighted by Crippen LogP contribution is -2.67. The van der Waals surface area contributed by atoms with Crippen molar-refractivity contribution in [1.82, 2.24) is 9.80 Å². The lowest BCUT2D eigenvalue weighted by Gasteiger charge is -2.43. The fourth-order valence-electron chi connectivity index (χ4n) is 5.13. The van der Waals surface area contributed by atoms with Crippen LogP contribution in [0.25, 0.3) is 10.1 Å². The van der Waals surface area contributed by atoms with Crippen molar-refractivity contribution >= 4 is 37.6 Å². The van der Waals surface area contributed by atoms with Gasteiger partial charge in [-0.15, -0.1) is 0 Å². The van der Waals surface area contributed by atoms with E-state index >= 15 is 0 Å². The fourth-order valence-corrected chi connectivity index (χ4v) is 5.92. The molecule has 7 nitrogen and oxygen atoms in total. The average molecular weight is 425 g/mol. The molecule has 2 atom stereocenters. The SMILES string of the molecule is CS(=O)(=O)[O-].c1ccc2c(N3CCN[N+]4(C[C@@H]5CCCC[C@H]5C4)C3)nsc2c1. The van der Waals surface area contributed by atoms with Gasteiger partial charge in [-0.1, -0.05) is 25.0 Å². The number of benzene rings is 1. The third-order valence-electron chi connectivity index (χ3n) is 6.16. The maximum absolute atomic E-state index is 9.08. The maximum atomic E-state index is 9.08. The average Bonchev–Trinajstić information content (AvgIpc) is 3.21. The van der Waals surface area contributed by atoms with Crippen molar-refractivity contribution < 1.29 is 17.6 Å². The Balaban J connectivity index is 0.000000346. The monoisotopic (exact) mass is 424 g/mol. The number of quaternary nitrogens is 1. The van der Waals surface area contributed by atoms with Crippen LogP contribution < -0.4 is 10.3 Å². The van der Waals surface area contributed by atoms with E-state index in [2.05, 4.69) is 34.6 Å². The summed E-state index contributed by atoms with van der Waals surface area (Å²) in [5, 5.41) is 1.33. The Kier molecular flexibility index (Phi) is 5.63. The summed E-state index contributed by atoms with van der Waals surface area (Å²) < 4.78 is 34.4. The van der Waals surface area contributed by atoms with Crippen molar-refractivity contribution in [2.75, 3.05) is 44.0 Å². The Morgan fingerprint density at radius 3 is 2.54 bits per heavy atom. The van der Waals surface area contributed by atoms with Crippen molar-refractivity contribution in [3.63, 3.8) is 0 Å². The van der Waals surface area contributed by atoms with E-state index in [1.807, 2.05) is 0 Å². The minimum absolute atomic E-state index is 0.604. The Morgan fingerprint density at radius 2 is 1.86 bits per heavy atom. The van der Waals surface area contributed by atoms with Gasteiger partial charge in [-0.05, 0) is 36.5 Å². The molecule has 2 saturated heterocycles. The number of nitrogens with zero attached hydrogens (tertiary/aromatic N) is 3. The van der Waals surface area contributed by atoms with Crippen molar-refractivity contribution in [2.24, 2.45) is 11.8 Å². The van der Waals surface area contributed by atoms with Crippen LogP contribution in [-0.4, -0.2) is 61.0 Å². The first-order chi connectivity index (χ1) is 13.3. The summed E-state index contributed by atoms with van der Waals surface area (Å²) in [6, 6.07) is 8.66. The Labute approximate surface area is 170 Å². The fraction of sp³-hybridized carbons (Fsp3) is 0.632. The Hall–Kier alpha value is -1.26. The highest BCUT2D eigenvalue weighted by Crippen LogP contribution is 2.40. The zero-order chi connectivity index (χ0) is 19.8. The molecule has 1 spiro atoms. The van der Waals surface area contributed by atoms with E-state index in [9.17, 15) is 0 Å². The summed E-state index contributed by atoms with van der Waals surface area (Å²) in [5.74, 6) is 3.10. The molecule has 3 aliphatic rings. The maximum Gasteiger partial charge on any atom is 0.173 e. The summed E-state index contributed by atoms with van der Waals surface area (Å²) in [6.45, 7) is 5.88. The molecule has 0 radical (unpaired) electrons. The summed E-state index contributed by atoms with van der Waals surface area (Å²) in [6.07, 6.45) is 6.40. The normalized spacial score (nSPS) is 26.7. The van der Waals surface area contributed by atoms with Crippen LogP contribution in [0.5, 0.6) is 0 Å². The van der Waals surface area contributed by atoms with Gasteiger partial charge in [-0.25, -0.2) is 13.0 Å². The highest BCUT2D eigenvalue weighted by Gasteiger charge is 2.48. The second kappa shape index (κ2) is 7.87. The molecule has 2 aliphatic heterocycles. The molecule has 1 aromatic heterocycles. The van der Waals surface area contributed by atoms with Gasteiger partial charge in [-0.2, -0.15) is 9.80 Å². The van der Waals surface area contributed by atoms with Crippen LogP contribution >= 0.6 is 11.5 Å². The zero-order valence-corrected chi connectivity index (χ0v) is 17.8. The van der Waals surface area contributed by atoms with Crippen LogP contribution in [0, 0.1) is 11.8 Å². The highest BCUT2D eigenvalue weighted by atomic mass is 32.2. The third kappa shape index (κ3) is 4.49. The molecule has 3 fully saturated rings. The second-order valence-corrected chi connectivity index (χ2v) is 10.5. The molecule has 5 rings (SSSR count). The largest absolute Gasteiger partial charge is 0.748 e. The first kappa shape index (κ1) is 20.0. The molecule has 1 saturated carbocycles. The van der Waals surface area contributed by atoms with E-state index in [0.29, 0.717) is 6.26 Å². The molecule has 0 bridgehead atoms. The summed E-state index contributed by atoms with van der Waals surface area (Å²) in [5.41, 5.74) is 3.86. The molecular weight excluding hydrogens is 396 g/mol. The van der Waals surface area contributed by atoms with E-state index < -0.39 is 10.1 Å².